The minimum absolute atomic E-state index is 0.131. The summed E-state index contributed by atoms with van der Waals surface area (Å²) >= 11 is 0. The largest absolute Gasteiger partial charge is 0.478 e. The van der Waals surface area contributed by atoms with Crippen molar-refractivity contribution in [3.63, 3.8) is 0 Å². The molecular formula is C8H8N4O3. The van der Waals surface area contributed by atoms with Gasteiger partial charge in [-0.3, -0.25) is 4.68 Å². The SMILES string of the molecule is Cc1noc(Cn2cc(C(=O)O)cn2)n1. The predicted octanol–water partition coefficient (Wildman–Crippen LogP) is 0.321. The fourth-order valence-corrected chi connectivity index (χ4v) is 1.10. The number of carboxylic acid groups (broad SMARTS) is 1. The van der Waals surface area contributed by atoms with Crippen LogP contribution in [0.1, 0.15) is 22.1 Å². The van der Waals surface area contributed by atoms with E-state index in [1.54, 1.807) is 6.92 Å². The monoisotopic (exact) mass is 208 g/mol. The second-order valence-electron chi connectivity index (χ2n) is 2.97. The molecule has 7 heteroatoms. The fourth-order valence-electron chi connectivity index (χ4n) is 1.10. The van der Waals surface area contributed by atoms with Crippen LogP contribution in [0.2, 0.25) is 0 Å². The molecule has 0 amide bonds. The van der Waals surface area contributed by atoms with Crippen LogP contribution in [-0.4, -0.2) is 31.0 Å². The molecule has 0 aliphatic carbocycles. The van der Waals surface area contributed by atoms with Crippen LogP contribution in [0.3, 0.4) is 0 Å². The quantitative estimate of drug-likeness (QED) is 0.780. The molecule has 78 valence electrons. The van der Waals surface area contributed by atoms with Gasteiger partial charge < -0.3 is 9.63 Å². The highest BCUT2D eigenvalue weighted by Crippen LogP contribution is 2.02. The lowest BCUT2D eigenvalue weighted by Crippen LogP contribution is -2.00. The van der Waals surface area contributed by atoms with Crippen molar-refractivity contribution >= 4 is 5.97 Å². The third-order valence-corrected chi connectivity index (χ3v) is 1.75. The summed E-state index contributed by atoms with van der Waals surface area (Å²) in [6.45, 7) is 1.98. The average Bonchev–Trinajstić information content (AvgIpc) is 2.76. The summed E-state index contributed by atoms with van der Waals surface area (Å²) in [6, 6.07) is 0. The zero-order valence-corrected chi connectivity index (χ0v) is 7.91. The van der Waals surface area contributed by atoms with Crippen molar-refractivity contribution in [2.75, 3.05) is 0 Å². The van der Waals surface area contributed by atoms with Crippen LogP contribution in [0.15, 0.2) is 16.9 Å². The molecule has 1 N–H and O–H groups in total. The van der Waals surface area contributed by atoms with E-state index in [0.29, 0.717) is 11.7 Å². The second kappa shape index (κ2) is 3.52. The Morgan fingerprint density at radius 1 is 1.67 bits per heavy atom. The number of aromatic nitrogens is 4. The Bertz CT molecular complexity index is 488. The minimum Gasteiger partial charge on any atom is -0.478 e. The van der Waals surface area contributed by atoms with Gasteiger partial charge in [-0.1, -0.05) is 5.16 Å². The van der Waals surface area contributed by atoms with Crippen molar-refractivity contribution in [3.8, 4) is 0 Å². The van der Waals surface area contributed by atoms with Gasteiger partial charge in [-0.2, -0.15) is 10.1 Å². The van der Waals surface area contributed by atoms with Crippen LogP contribution in [0.25, 0.3) is 0 Å². The molecule has 0 saturated carbocycles. The first-order valence-electron chi connectivity index (χ1n) is 4.20. The van der Waals surface area contributed by atoms with Crippen LogP contribution in [0.5, 0.6) is 0 Å². The van der Waals surface area contributed by atoms with E-state index in [0.717, 1.165) is 0 Å². The summed E-state index contributed by atoms with van der Waals surface area (Å²) in [7, 11) is 0. The Balaban J connectivity index is 2.14. The number of hydrogen-bond donors (Lipinski definition) is 1. The normalized spacial score (nSPS) is 10.5. The molecule has 0 atom stereocenters. The van der Waals surface area contributed by atoms with E-state index in [4.69, 9.17) is 9.63 Å². The Morgan fingerprint density at radius 2 is 2.47 bits per heavy atom. The van der Waals surface area contributed by atoms with Crippen molar-refractivity contribution in [2.45, 2.75) is 13.5 Å². The lowest BCUT2D eigenvalue weighted by molar-refractivity contribution is 0.0696. The van der Waals surface area contributed by atoms with E-state index in [2.05, 4.69) is 15.2 Å². The molecule has 15 heavy (non-hydrogen) atoms. The van der Waals surface area contributed by atoms with Crippen molar-refractivity contribution in [2.24, 2.45) is 0 Å². The minimum atomic E-state index is -1.01. The van der Waals surface area contributed by atoms with Crippen LogP contribution in [-0.2, 0) is 6.54 Å². The molecule has 0 fully saturated rings. The molecule has 2 aromatic rings. The second-order valence-corrected chi connectivity index (χ2v) is 2.97. The topological polar surface area (TPSA) is 94.0 Å². The van der Waals surface area contributed by atoms with Gasteiger partial charge in [0.25, 0.3) is 0 Å². The molecule has 2 rings (SSSR count). The number of aryl methyl sites for hydroxylation is 1. The number of carboxylic acids is 1. The first-order valence-corrected chi connectivity index (χ1v) is 4.20. The van der Waals surface area contributed by atoms with E-state index >= 15 is 0 Å². The molecular weight excluding hydrogens is 200 g/mol. The number of aromatic carboxylic acids is 1. The molecule has 0 radical (unpaired) electrons. The third kappa shape index (κ3) is 2.01. The summed E-state index contributed by atoms with van der Waals surface area (Å²) in [6.07, 6.45) is 2.67. The Morgan fingerprint density at radius 3 is 3.00 bits per heavy atom. The molecule has 7 nitrogen and oxygen atoms in total. The van der Waals surface area contributed by atoms with Gasteiger partial charge in [0.05, 0.1) is 11.8 Å². The lowest BCUT2D eigenvalue weighted by Gasteiger charge is -1.93. The summed E-state index contributed by atoms with van der Waals surface area (Å²) < 4.78 is 6.30. The number of nitrogens with zero attached hydrogens (tertiary/aromatic N) is 4. The number of carbonyl (C=O) groups is 1. The highest BCUT2D eigenvalue weighted by Gasteiger charge is 2.08. The third-order valence-electron chi connectivity index (χ3n) is 1.75. The van der Waals surface area contributed by atoms with Crippen molar-refractivity contribution in [1.29, 1.82) is 0 Å². The zero-order valence-electron chi connectivity index (χ0n) is 7.91. The lowest BCUT2D eigenvalue weighted by atomic mass is 10.4. The Kier molecular flexibility index (Phi) is 2.20. The Hall–Kier alpha value is -2.18. The van der Waals surface area contributed by atoms with E-state index < -0.39 is 5.97 Å². The molecule has 0 saturated heterocycles. The maximum atomic E-state index is 10.6. The van der Waals surface area contributed by atoms with Crippen molar-refractivity contribution in [1.82, 2.24) is 19.9 Å². The summed E-state index contributed by atoms with van der Waals surface area (Å²) in [5, 5.41) is 16.1. The maximum Gasteiger partial charge on any atom is 0.338 e. The molecule has 0 aliphatic rings. The van der Waals surface area contributed by atoms with Gasteiger partial charge in [-0.05, 0) is 6.92 Å². The Labute approximate surface area is 84.3 Å². The molecule has 0 aromatic carbocycles. The molecule has 0 bridgehead atoms. The highest BCUT2D eigenvalue weighted by molar-refractivity contribution is 5.86. The number of rotatable bonds is 3. The first-order chi connectivity index (χ1) is 7.15. The molecule has 0 spiro atoms. The summed E-state index contributed by atoms with van der Waals surface area (Å²) in [5.41, 5.74) is 0.131. The van der Waals surface area contributed by atoms with Gasteiger partial charge in [0.15, 0.2) is 5.82 Å². The van der Waals surface area contributed by atoms with Gasteiger partial charge in [0, 0.05) is 6.20 Å². The van der Waals surface area contributed by atoms with E-state index in [1.807, 2.05) is 0 Å². The van der Waals surface area contributed by atoms with Crippen LogP contribution in [0.4, 0.5) is 0 Å². The molecule has 2 aromatic heterocycles. The van der Waals surface area contributed by atoms with Crippen LogP contribution in [0, 0.1) is 6.92 Å². The van der Waals surface area contributed by atoms with Crippen molar-refractivity contribution in [3.05, 3.63) is 29.7 Å². The highest BCUT2D eigenvalue weighted by atomic mass is 16.5. The zero-order chi connectivity index (χ0) is 10.8. The standard InChI is InChI=1S/C8H8N4O3/c1-5-10-7(15-11-5)4-12-3-6(2-9-12)8(13)14/h2-3H,4H2,1H3,(H,13,14). The van der Waals surface area contributed by atoms with Crippen LogP contribution >= 0.6 is 0 Å². The molecule has 2 heterocycles. The van der Waals surface area contributed by atoms with Gasteiger partial charge in [-0.25, -0.2) is 4.79 Å². The van der Waals surface area contributed by atoms with Gasteiger partial charge in [0.1, 0.15) is 6.54 Å². The van der Waals surface area contributed by atoms with Crippen molar-refractivity contribution < 1.29 is 14.4 Å². The fraction of sp³-hybridized carbons (Fsp3) is 0.250. The first kappa shape index (κ1) is 9.38. The van der Waals surface area contributed by atoms with Crippen LogP contribution < -0.4 is 0 Å². The number of hydrogen-bond acceptors (Lipinski definition) is 5. The maximum absolute atomic E-state index is 10.6. The van der Waals surface area contributed by atoms with E-state index in [-0.39, 0.29) is 12.1 Å². The van der Waals surface area contributed by atoms with Gasteiger partial charge >= 0.3 is 5.97 Å². The summed E-state index contributed by atoms with van der Waals surface area (Å²) in [5.74, 6) is -0.0777. The molecule has 0 aliphatic heterocycles. The van der Waals surface area contributed by atoms with E-state index in [9.17, 15) is 4.79 Å². The molecule has 0 unspecified atom stereocenters. The van der Waals surface area contributed by atoms with Gasteiger partial charge in [0.2, 0.25) is 5.89 Å². The predicted molar refractivity (Wildman–Crippen MR) is 47.3 cm³/mol. The average molecular weight is 208 g/mol. The summed E-state index contributed by atoms with van der Waals surface area (Å²) in [4.78, 5) is 14.5. The smallest absolute Gasteiger partial charge is 0.338 e. The van der Waals surface area contributed by atoms with E-state index in [1.165, 1.54) is 17.1 Å². The van der Waals surface area contributed by atoms with Gasteiger partial charge in [-0.15, -0.1) is 0 Å².